The SMILES string of the molecule is CCCc1ccc(OC(C)c2c(F)cccc2Cl)cc1. The first-order valence-corrected chi connectivity index (χ1v) is 7.19. The fraction of sp³-hybridized carbons (Fsp3) is 0.294. The Morgan fingerprint density at radius 2 is 1.85 bits per heavy atom. The minimum atomic E-state index is -0.430. The smallest absolute Gasteiger partial charge is 0.131 e. The van der Waals surface area contributed by atoms with Gasteiger partial charge in [-0.3, -0.25) is 0 Å². The quantitative estimate of drug-likeness (QED) is 0.700. The molecule has 0 bridgehead atoms. The molecule has 2 aromatic rings. The van der Waals surface area contributed by atoms with E-state index in [9.17, 15) is 4.39 Å². The first kappa shape index (κ1) is 14.9. The number of rotatable bonds is 5. The van der Waals surface area contributed by atoms with Crippen molar-refractivity contribution in [3.63, 3.8) is 0 Å². The number of halogens is 2. The Hall–Kier alpha value is -1.54. The average molecular weight is 293 g/mol. The lowest BCUT2D eigenvalue weighted by atomic mass is 10.1. The van der Waals surface area contributed by atoms with Crippen molar-refractivity contribution < 1.29 is 9.13 Å². The summed E-state index contributed by atoms with van der Waals surface area (Å²) in [5, 5.41) is 0.389. The third kappa shape index (κ3) is 3.51. The maximum Gasteiger partial charge on any atom is 0.131 e. The van der Waals surface area contributed by atoms with Gasteiger partial charge in [-0.1, -0.05) is 43.1 Å². The van der Waals surface area contributed by atoms with Crippen LogP contribution < -0.4 is 4.74 Å². The van der Waals surface area contributed by atoms with Crippen LogP contribution in [0.3, 0.4) is 0 Å². The molecule has 0 spiro atoms. The number of ether oxygens (including phenoxy) is 1. The molecular weight excluding hydrogens is 275 g/mol. The minimum absolute atomic E-state index is 0.340. The van der Waals surface area contributed by atoms with Crippen molar-refractivity contribution in [3.05, 3.63) is 64.4 Å². The van der Waals surface area contributed by atoms with E-state index in [1.165, 1.54) is 11.6 Å². The summed E-state index contributed by atoms with van der Waals surface area (Å²) in [6.07, 6.45) is 1.73. The molecule has 0 aromatic heterocycles. The molecule has 2 aromatic carbocycles. The van der Waals surface area contributed by atoms with Crippen LogP contribution in [0.25, 0.3) is 0 Å². The maximum absolute atomic E-state index is 13.8. The van der Waals surface area contributed by atoms with E-state index >= 15 is 0 Å². The summed E-state index contributed by atoms with van der Waals surface area (Å²) in [5.74, 6) is 0.379. The molecule has 0 aliphatic rings. The lowest BCUT2D eigenvalue weighted by Gasteiger charge is -2.17. The second-order valence-corrected chi connectivity index (χ2v) is 5.20. The van der Waals surface area contributed by atoms with Crippen molar-refractivity contribution in [2.75, 3.05) is 0 Å². The number of hydrogen-bond donors (Lipinski definition) is 0. The monoisotopic (exact) mass is 292 g/mol. The second-order valence-electron chi connectivity index (χ2n) is 4.79. The summed E-state index contributed by atoms with van der Waals surface area (Å²) in [4.78, 5) is 0. The fourth-order valence-corrected chi connectivity index (χ4v) is 2.50. The van der Waals surface area contributed by atoms with Crippen molar-refractivity contribution in [2.24, 2.45) is 0 Å². The Kier molecular flexibility index (Phi) is 5.02. The molecule has 20 heavy (non-hydrogen) atoms. The van der Waals surface area contributed by atoms with Gasteiger partial charge in [0.2, 0.25) is 0 Å². The van der Waals surface area contributed by atoms with Crippen LogP contribution in [0.1, 0.15) is 37.5 Å². The van der Waals surface area contributed by atoms with Gasteiger partial charge in [-0.2, -0.15) is 0 Å². The molecule has 0 saturated heterocycles. The molecule has 0 aliphatic carbocycles. The van der Waals surface area contributed by atoms with Crippen LogP contribution in [-0.4, -0.2) is 0 Å². The summed E-state index contributed by atoms with van der Waals surface area (Å²) < 4.78 is 19.6. The van der Waals surface area contributed by atoms with Gasteiger partial charge in [0.1, 0.15) is 17.7 Å². The van der Waals surface area contributed by atoms with E-state index in [-0.39, 0.29) is 5.82 Å². The van der Waals surface area contributed by atoms with Gasteiger partial charge >= 0.3 is 0 Å². The van der Waals surface area contributed by atoms with Crippen molar-refractivity contribution in [1.82, 2.24) is 0 Å². The molecule has 3 heteroatoms. The Balaban J connectivity index is 2.13. The molecule has 0 N–H and O–H groups in total. The van der Waals surface area contributed by atoms with Crippen LogP contribution in [-0.2, 0) is 6.42 Å². The molecule has 0 aliphatic heterocycles. The van der Waals surface area contributed by atoms with Crippen LogP contribution >= 0.6 is 11.6 Å². The number of aryl methyl sites for hydroxylation is 1. The average Bonchev–Trinajstić information content (AvgIpc) is 2.41. The predicted octanol–water partition coefficient (Wildman–Crippen LogP) is 5.57. The van der Waals surface area contributed by atoms with Crippen molar-refractivity contribution in [1.29, 1.82) is 0 Å². The maximum atomic E-state index is 13.8. The lowest BCUT2D eigenvalue weighted by molar-refractivity contribution is 0.221. The summed E-state index contributed by atoms with van der Waals surface area (Å²) in [6.45, 7) is 3.94. The molecule has 0 saturated carbocycles. The Labute approximate surface area is 124 Å². The molecule has 0 amide bonds. The highest BCUT2D eigenvalue weighted by Gasteiger charge is 2.16. The zero-order valence-corrected chi connectivity index (χ0v) is 12.5. The largest absolute Gasteiger partial charge is 0.486 e. The summed E-state index contributed by atoms with van der Waals surface area (Å²) in [7, 11) is 0. The standard InChI is InChI=1S/C17H18ClFO/c1-3-5-13-8-10-14(11-9-13)20-12(2)17-15(18)6-4-7-16(17)19/h4,6-12H,3,5H2,1-2H3. The van der Waals surface area contributed by atoms with Gasteiger partial charge in [0, 0.05) is 5.56 Å². The highest BCUT2D eigenvalue weighted by atomic mass is 35.5. The van der Waals surface area contributed by atoms with Gasteiger partial charge in [0.15, 0.2) is 0 Å². The summed E-state index contributed by atoms with van der Waals surface area (Å²) >= 11 is 6.04. The second kappa shape index (κ2) is 6.76. The highest BCUT2D eigenvalue weighted by molar-refractivity contribution is 6.31. The van der Waals surface area contributed by atoms with Gasteiger partial charge in [-0.05, 0) is 43.2 Å². The van der Waals surface area contributed by atoms with E-state index in [2.05, 4.69) is 6.92 Å². The normalized spacial score (nSPS) is 12.2. The van der Waals surface area contributed by atoms with Crippen LogP contribution in [0.2, 0.25) is 5.02 Å². The first-order valence-electron chi connectivity index (χ1n) is 6.81. The van der Waals surface area contributed by atoms with Gasteiger partial charge in [0.05, 0.1) is 5.02 Å². The van der Waals surface area contributed by atoms with E-state index in [1.807, 2.05) is 24.3 Å². The molecule has 1 atom stereocenters. The lowest BCUT2D eigenvalue weighted by Crippen LogP contribution is -2.06. The molecule has 0 fully saturated rings. The molecule has 0 radical (unpaired) electrons. The molecule has 2 rings (SSSR count). The van der Waals surface area contributed by atoms with Gasteiger partial charge in [-0.15, -0.1) is 0 Å². The summed E-state index contributed by atoms with van der Waals surface area (Å²) in [5.41, 5.74) is 1.67. The zero-order valence-electron chi connectivity index (χ0n) is 11.7. The van der Waals surface area contributed by atoms with E-state index in [0.717, 1.165) is 18.6 Å². The highest BCUT2D eigenvalue weighted by Crippen LogP contribution is 2.29. The Morgan fingerprint density at radius 3 is 2.45 bits per heavy atom. The van der Waals surface area contributed by atoms with E-state index in [0.29, 0.717) is 10.6 Å². The Bertz CT molecular complexity index is 545. The third-order valence-electron chi connectivity index (χ3n) is 3.18. The van der Waals surface area contributed by atoms with E-state index in [1.54, 1.807) is 19.1 Å². The first-order chi connectivity index (χ1) is 9.61. The van der Waals surface area contributed by atoms with Gasteiger partial charge < -0.3 is 4.74 Å². The molecular formula is C17H18ClFO. The Morgan fingerprint density at radius 1 is 1.15 bits per heavy atom. The topological polar surface area (TPSA) is 9.23 Å². The fourth-order valence-electron chi connectivity index (χ4n) is 2.19. The van der Waals surface area contributed by atoms with Crippen LogP contribution in [0, 0.1) is 5.82 Å². The van der Waals surface area contributed by atoms with E-state index < -0.39 is 6.10 Å². The van der Waals surface area contributed by atoms with Crippen molar-refractivity contribution in [3.8, 4) is 5.75 Å². The van der Waals surface area contributed by atoms with E-state index in [4.69, 9.17) is 16.3 Å². The third-order valence-corrected chi connectivity index (χ3v) is 3.51. The predicted molar refractivity (Wildman–Crippen MR) is 80.9 cm³/mol. The van der Waals surface area contributed by atoms with Crippen molar-refractivity contribution in [2.45, 2.75) is 32.8 Å². The summed E-state index contributed by atoms with van der Waals surface area (Å²) in [6, 6.07) is 12.6. The molecule has 1 nitrogen and oxygen atoms in total. The van der Waals surface area contributed by atoms with Gasteiger partial charge in [0.25, 0.3) is 0 Å². The minimum Gasteiger partial charge on any atom is -0.486 e. The zero-order chi connectivity index (χ0) is 14.5. The number of benzene rings is 2. The molecule has 106 valence electrons. The molecule has 0 heterocycles. The van der Waals surface area contributed by atoms with Crippen LogP contribution in [0.4, 0.5) is 4.39 Å². The molecule has 1 unspecified atom stereocenters. The van der Waals surface area contributed by atoms with Crippen molar-refractivity contribution >= 4 is 11.6 Å². The van der Waals surface area contributed by atoms with Crippen LogP contribution in [0.15, 0.2) is 42.5 Å². The van der Waals surface area contributed by atoms with Crippen LogP contribution in [0.5, 0.6) is 5.75 Å². The van der Waals surface area contributed by atoms with Gasteiger partial charge in [-0.25, -0.2) is 4.39 Å². The number of hydrogen-bond acceptors (Lipinski definition) is 1.